The summed E-state index contributed by atoms with van der Waals surface area (Å²) >= 11 is 2.87. The number of nitrogens with zero attached hydrogens (tertiary/aromatic N) is 4. The molecule has 10 heteroatoms. The highest BCUT2D eigenvalue weighted by Gasteiger charge is 2.33. The van der Waals surface area contributed by atoms with Gasteiger partial charge in [0.05, 0.1) is 10.5 Å². The number of non-ortho nitro benzene ring substituents is 1. The van der Waals surface area contributed by atoms with Crippen LogP contribution < -0.4 is 5.32 Å². The molecule has 0 radical (unpaired) electrons. The molecule has 4 aromatic rings. The Morgan fingerprint density at radius 1 is 1.12 bits per heavy atom. The molecule has 0 saturated heterocycles. The number of aliphatic imine (C=N–C) groups is 1. The molecule has 0 aliphatic heterocycles. The fourth-order valence-corrected chi connectivity index (χ4v) is 7.37. The second-order valence-corrected chi connectivity index (χ2v) is 13.7. The Balaban J connectivity index is 1.55. The van der Waals surface area contributed by atoms with Crippen LogP contribution in [0.25, 0.3) is 0 Å². The summed E-state index contributed by atoms with van der Waals surface area (Å²) in [6.45, 7) is 10.6. The summed E-state index contributed by atoms with van der Waals surface area (Å²) in [7, 11) is 0. The zero-order valence-electron chi connectivity index (χ0n) is 24.3. The molecule has 0 spiro atoms. The van der Waals surface area contributed by atoms with Gasteiger partial charge in [-0.05, 0) is 86.0 Å². The molecule has 8 nitrogen and oxygen atoms in total. The molecule has 0 unspecified atom stereocenters. The number of anilines is 1. The van der Waals surface area contributed by atoms with Crippen molar-refractivity contribution >= 4 is 51.6 Å². The average molecular weight is 600 g/mol. The lowest BCUT2D eigenvalue weighted by molar-refractivity contribution is -0.384. The maximum atomic E-state index is 13.7. The number of nitro benzene ring substituents is 1. The van der Waals surface area contributed by atoms with Crippen molar-refractivity contribution < 1.29 is 9.72 Å². The van der Waals surface area contributed by atoms with Crippen LogP contribution in [0.5, 0.6) is 0 Å². The molecule has 1 atom stereocenters. The Morgan fingerprint density at radius 2 is 1.83 bits per heavy atom. The van der Waals surface area contributed by atoms with Gasteiger partial charge in [-0.15, -0.1) is 11.3 Å². The predicted molar refractivity (Wildman–Crippen MR) is 170 cm³/mol. The number of carbonyl (C=O) groups excluding carboxylic acids is 1. The molecule has 1 aliphatic rings. The number of para-hydroxylation sites is 1. The Morgan fingerprint density at radius 3 is 2.50 bits per heavy atom. The van der Waals surface area contributed by atoms with Crippen molar-refractivity contribution in [1.82, 2.24) is 9.97 Å². The van der Waals surface area contributed by atoms with E-state index in [0.717, 1.165) is 41.1 Å². The molecular formula is C32H33N5O3S2. The van der Waals surface area contributed by atoms with Crippen molar-refractivity contribution in [3.8, 4) is 0 Å². The minimum atomic E-state index is -0.422. The van der Waals surface area contributed by atoms with Crippen LogP contribution in [0, 0.1) is 35.3 Å². The average Bonchev–Trinajstić information content (AvgIpc) is 3.29. The summed E-state index contributed by atoms with van der Waals surface area (Å²) in [5.74, 6) is 0.306. The van der Waals surface area contributed by atoms with Crippen LogP contribution in [-0.2, 0) is 12.8 Å². The van der Waals surface area contributed by atoms with Gasteiger partial charge >= 0.3 is 0 Å². The first kappa shape index (κ1) is 29.6. The molecule has 2 heterocycles. The number of carbonyl (C=O) groups is 1. The first-order chi connectivity index (χ1) is 20.0. The summed E-state index contributed by atoms with van der Waals surface area (Å²) in [4.78, 5) is 40.7. The molecule has 0 saturated carbocycles. The van der Waals surface area contributed by atoms with E-state index in [1.54, 1.807) is 23.6 Å². The normalized spacial score (nSPS) is 15.0. The van der Waals surface area contributed by atoms with Gasteiger partial charge in [-0.25, -0.2) is 15.0 Å². The Labute approximate surface area is 253 Å². The Kier molecular flexibility index (Phi) is 8.56. The highest BCUT2D eigenvalue weighted by Crippen LogP contribution is 2.45. The highest BCUT2D eigenvalue weighted by atomic mass is 32.2. The lowest BCUT2D eigenvalue weighted by Gasteiger charge is -2.33. The van der Waals surface area contributed by atoms with Crippen LogP contribution in [-0.4, -0.2) is 27.0 Å². The highest BCUT2D eigenvalue weighted by molar-refractivity contribution is 7.99. The van der Waals surface area contributed by atoms with Crippen molar-refractivity contribution in [3.05, 3.63) is 97.7 Å². The molecule has 1 amide bonds. The largest absolute Gasteiger partial charge is 0.322 e. The minimum absolute atomic E-state index is 0.0392. The number of rotatable bonds is 7. The van der Waals surface area contributed by atoms with Crippen molar-refractivity contribution in [2.75, 3.05) is 5.32 Å². The van der Waals surface area contributed by atoms with Crippen LogP contribution in [0.15, 0.2) is 69.6 Å². The number of benzene rings is 2. The summed E-state index contributed by atoms with van der Waals surface area (Å²) in [6.07, 6.45) is 4.33. The van der Waals surface area contributed by atoms with E-state index >= 15 is 0 Å². The lowest BCUT2D eigenvalue weighted by Crippen LogP contribution is -2.27. The first-order valence-corrected chi connectivity index (χ1v) is 15.4. The zero-order valence-corrected chi connectivity index (χ0v) is 25.9. The van der Waals surface area contributed by atoms with Crippen molar-refractivity contribution in [3.63, 3.8) is 0 Å². The number of hydrogen-bond donors (Lipinski definition) is 1. The number of nitrogens with one attached hydrogen (secondary N) is 1. The van der Waals surface area contributed by atoms with E-state index in [4.69, 9.17) is 4.99 Å². The number of amides is 1. The number of nitro groups is 1. The molecule has 1 N–H and O–H groups in total. The van der Waals surface area contributed by atoms with Gasteiger partial charge in [0.1, 0.15) is 5.00 Å². The lowest BCUT2D eigenvalue weighted by atomic mass is 9.72. The van der Waals surface area contributed by atoms with Gasteiger partial charge in [-0.1, -0.05) is 39.0 Å². The SMILES string of the molecule is Cc1cc(C)nc(Sc2ccc([N+](=O)[O-])cc2C=Nc2sc3c(c2C(=O)Nc2ccccc2)CC[C@H](C(C)(C)C)C3)n1. The molecular weight excluding hydrogens is 567 g/mol. The van der Waals surface area contributed by atoms with E-state index in [1.165, 1.54) is 28.8 Å². The van der Waals surface area contributed by atoms with Crippen molar-refractivity contribution in [1.29, 1.82) is 0 Å². The number of hydrogen-bond acceptors (Lipinski definition) is 8. The summed E-state index contributed by atoms with van der Waals surface area (Å²) in [6, 6.07) is 15.9. The topological polar surface area (TPSA) is 110 Å². The maximum Gasteiger partial charge on any atom is 0.270 e. The predicted octanol–water partition coefficient (Wildman–Crippen LogP) is 8.37. The minimum Gasteiger partial charge on any atom is -0.322 e. The van der Waals surface area contributed by atoms with Gasteiger partial charge < -0.3 is 5.32 Å². The summed E-state index contributed by atoms with van der Waals surface area (Å²) in [5.41, 5.74) is 4.71. The van der Waals surface area contributed by atoms with Crippen LogP contribution in [0.4, 0.5) is 16.4 Å². The van der Waals surface area contributed by atoms with E-state index in [2.05, 4.69) is 36.1 Å². The third-order valence-electron chi connectivity index (χ3n) is 7.42. The van der Waals surface area contributed by atoms with Gasteiger partial charge in [0.25, 0.3) is 11.6 Å². The number of aromatic nitrogens is 2. The standard InChI is InChI=1S/C32H33N5O3S2/c1-19-15-20(2)35-31(34-19)42-26-14-12-24(37(39)40)16-21(26)18-33-30-28(29(38)36-23-9-7-6-8-10-23)25-13-11-22(32(3,4)5)17-27(25)41-30/h6-10,12,14-16,18,22H,11,13,17H2,1-5H3,(H,36,38)/t22-/m0/s1. The smallest absolute Gasteiger partial charge is 0.270 e. The van der Waals surface area contributed by atoms with E-state index in [1.807, 2.05) is 50.2 Å². The Bertz CT molecular complexity index is 1660. The first-order valence-electron chi connectivity index (χ1n) is 13.8. The fourth-order valence-electron chi connectivity index (χ4n) is 5.16. The molecule has 2 aromatic carbocycles. The van der Waals surface area contributed by atoms with Crippen LogP contribution >= 0.6 is 23.1 Å². The van der Waals surface area contributed by atoms with Gasteiger partial charge in [-0.3, -0.25) is 14.9 Å². The van der Waals surface area contributed by atoms with Gasteiger partial charge in [0.2, 0.25) is 0 Å². The van der Waals surface area contributed by atoms with Crippen LogP contribution in [0.3, 0.4) is 0 Å². The molecule has 42 heavy (non-hydrogen) atoms. The Hall–Kier alpha value is -3.89. The van der Waals surface area contributed by atoms with Gasteiger partial charge in [0.15, 0.2) is 5.16 Å². The van der Waals surface area contributed by atoms with Gasteiger partial charge in [0, 0.05) is 50.8 Å². The summed E-state index contributed by atoms with van der Waals surface area (Å²) in [5, 5.41) is 15.8. The summed E-state index contributed by atoms with van der Waals surface area (Å²) < 4.78 is 0. The molecule has 5 rings (SSSR count). The van der Waals surface area contributed by atoms with E-state index in [-0.39, 0.29) is 17.0 Å². The molecule has 216 valence electrons. The molecule has 2 aromatic heterocycles. The van der Waals surface area contributed by atoms with E-state index < -0.39 is 4.92 Å². The second-order valence-electron chi connectivity index (χ2n) is 11.6. The number of aryl methyl sites for hydroxylation is 2. The van der Waals surface area contributed by atoms with Crippen LogP contribution in [0.1, 0.15) is 64.9 Å². The second kappa shape index (κ2) is 12.1. The molecule has 0 fully saturated rings. The number of fused-ring (bicyclic) bond motifs is 1. The van der Waals surface area contributed by atoms with E-state index in [0.29, 0.717) is 32.9 Å². The fraction of sp³-hybridized carbons (Fsp3) is 0.312. The van der Waals surface area contributed by atoms with E-state index in [9.17, 15) is 14.9 Å². The molecule has 0 bridgehead atoms. The monoisotopic (exact) mass is 599 g/mol. The number of thiophene rings is 1. The quantitative estimate of drug-likeness (QED) is 0.0989. The molecule has 1 aliphatic carbocycles. The van der Waals surface area contributed by atoms with Crippen LogP contribution in [0.2, 0.25) is 0 Å². The van der Waals surface area contributed by atoms with Gasteiger partial charge in [-0.2, -0.15) is 0 Å². The third-order valence-corrected chi connectivity index (χ3v) is 9.54. The zero-order chi connectivity index (χ0) is 30.0. The maximum absolute atomic E-state index is 13.7. The van der Waals surface area contributed by atoms with Crippen molar-refractivity contribution in [2.24, 2.45) is 16.3 Å². The third kappa shape index (κ3) is 6.77. The van der Waals surface area contributed by atoms with Crippen molar-refractivity contribution in [2.45, 2.75) is 63.9 Å².